The summed E-state index contributed by atoms with van der Waals surface area (Å²) in [5.74, 6) is 0. The van der Waals surface area contributed by atoms with Crippen molar-refractivity contribution < 1.29 is 0 Å². The average molecular weight is 268 g/mol. The summed E-state index contributed by atoms with van der Waals surface area (Å²) in [6.07, 6.45) is 6.82. The molecule has 1 N–H and O–H groups in total. The molecule has 0 aliphatic carbocycles. The zero-order valence-electron chi connectivity index (χ0n) is 11.8. The van der Waals surface area contributed by atoms with E-state index in [9.17, 15) is 0 Å². The van der Waals surface area contributed by atoms with Crippen molar-refractivity contribution in [3.63, 3.8) is 0 Å². The second kappa shape index (κ2) is 6.01. The van der Waals surface area contributed by atoms with Gasteiger partial charge in [0.1, 0.15) is 0 Å². The van der Waals surface area contributed by atoms with Crippen LogP contribution in [0, 0.1) is 0 Å². The normalized spacial score (nSPS) is 19.6. The van der Waals surface area contributed by atoms with Crippen molar-refractivity contribution in [1.82, 2.24) is 15.3 Å². The van der Waals surface area contributed by atoms with Crippen molar-refractivity contribution in [3.8, 4) is 11.3 Å². The maximum absolute atomic E-state index is 4.40. The maximum atomic E-state index is 4.40. The summed E-state index contributed by atoms with van der Waals surface area (Å²) < 4.78 is 0. The Balaban J connectivity index is 1.90. The molecule has 2 aromatic rings. The van der Waals surface area contributed by atoms with Gasteiger partial charge in [0, 0.05) is 37.1 Å². The summed E-state index contributed by atoms with van der Waals surface area (Å²) in [5, 5.41) is 3.47. The van der Waals surface area contributed by atoms with Crippen molar-refractivity contribution >= 4 is 5.69 Å². The van der Waals surface area contributed by atoms with Crippen LogP contribution in [0.5, 0.6) is 0 Å². The Hall–Kier alpha value is -1.94. The molecule has 2 aromatic heterocycles. The largest absolute Gasteiger partial charge is 0.366 e. The number of rotatable bonds is 2. The first-order chi connectivity index (χ1) is 9.84. The van der Waals surface area contributed by atoms with Crippen molar-refractivity contribution in [2.75, 3.05) is 24.5 Å². The molecule has 1 aliphatic rings. The van der Waals surface area contributed by atoms with Gasteiger partial charge in [0.15, 0.2) is 0 Å². The predicted molar refractivity (Wildman–Crippen MR) is 81.8 cm³/mol. The molecule has 104 valence electrons. The van der Waals surface area contributed by atoms with Crippen molar-refractivity contribution in [2.45, 2.75) is 19.4 Å². The average Bonchev–Trinajstić information content (AvgIpc) is 2.73. The zero-order valence-corrected chi connectivity index (χ0v) is 11.8. The van der Waals surface area contributed by atoms with Gasteiger partial charge in [0.2, 0.25) is 0 Å². The third-order valence-electron chi connectivity index (χ3n) is 3.74. The topological polar surface area (TPSA) is 41.0 Å². The minimum Gasteiger partial charge on any atom is -0.366 e. The Bertz CT molecular complexity index is 555. The van der Waals surface area contributed by atoms with E-state index >= 15 is 0 Å². The molecule has 0 bridgehead atoms. The highest BCUT2D eigenvalue weighted by Gasteiger charge is 2.17. The first-order valence-corrected chi connectivity index (χ1v) is 7.18. The number of hydrogen-bond donors (Lipinski definition) is 1. The Morgan fingerprint density at radius 2 is 2.25 bits per heavy atom. The second-order valence-electron chi connectivity index (χ2n) is 5.25. The van der Waals surface area contributed by atoms with Gasteiger partial charge in [0.25, 0.3) is 0 Å². The van der Waals surface area contributed by atoms with Crippen LogP contribution >= 0.6 is 0 Å². The van der Waals surface area contributed by atoms with Gasteiger partial charge in [-0.15, -0.1) is 0 Å². The van der Waals surface area contributed by atoms with Crippen LogP contribution in [0.4, 0.5) is 5.69 Å². The van der Waals surface area contributed by atoms with Crippen molar-refractivity contribution in [3.05, 3.63) is 42.9 Å². The van der Waals surface area contributed by atoms with Gasteiger partial charge < -0.3 is 10.2 Å². The molecule has 1 unspecified atom stereocenters. The molecule has 1 fully saturated rings. The quantitative estimate of drug-likeness (QED) is 0.907. The molecule has 4 nitrogen and oxygen atoms in total. The van der Waals surface area contributed by atoms with Crippen LogP contribution < -0.4 is 10.2 Å². The summed E-state index contributed by atoms with van der Waals surface area (Å²) >= 11 is 0. The Labute approximate surface area is 119 Å². The van der Waals surface area contributed by atoms with E-state index < -0.39 is 0 Å². The molecule has 20 heavy (non-hydrogen) atoms. The summed E-state index contributed by atoms with van der Waals surface area (Å²) in [5.41, 5.74) is 3.24. The standard InChI is InChI=1S/C16H20N4/c1-13-10-17-6-4-8-20(13)15-9-14(11-18-12-15)16-5-2-3-7-19-16/h2-3,5,7,9,11-13,17H,4,6,8,10H2,1H3. The summed E-state index contributed by atoms with van der Waals surface area (Å²) in [7, 11) is 0. The van der Waals surface area contributed by atoms with Gasteiger partial charge in [-0.3, -0.25) is 9.97 Å². The van der Waals surface area contributed by atoms with Crippen LogP contribution in [-0.4, -0.2) is 35.6 Å². The summed E-state index contributed by atoms with van der Waals surface area (Å²) in [4.78, 5) is 11.2. The van der Waals surface area contributed by atoms with Crippen LogP contribution in [0.1, 0.15) is 13.3 Å². The second-order valence-corrected chi connectivity index (χ2v) is 5.25. The van der Waals surface area contributed by atoms with Gasteiger partial charge in [-0.1, -0.05) is 6.07 Å². The van der Waals surface area contributed by atoms with Crippen LogP contribution in [-0.2, 0) is 0 Å². The van der Waals surface area contributed by atoms with Crippen LogP contribution in [0.2, 0.25) is 0 Å². The molecular weight excluding hydrogens is 248 g/mol. The fourth-order valence-electron chi connectivity index (χ4n) is 2.66. The van der Waals surface area contributed by atoms with Gasteiger partial charge >= 0.3 is 0 Å². The first kappa shape index (κ1) is 13.1. The third kappa shape index (κ3) is 2.80. The lowest BCUT2D eigenvalue weighted by Gasteiger charge is -2.29. The van der Waals surface area contributed by atoms with Crippen LogP contribution in [0.3, 0.4) is 0 Å². The van der Waals surface area contributed by atoms with Crippen LogP contribution in [0.15, 0.2) is 42.9 Å². The summed E-state index contributed by atoms with van der Waals surface area (Å²) in [6.45, 7) is 5.44. The van der Waals surface area contributed by atoms with E-state index in [2.05, 4.69) is 33.2 Å². The number of anilines is 1. The zero-order chi connectivity index (χ0) is 13.8. The van der Waals surface area contributed by atoms with Gasteiger partial charge in [-0.25, -0.2) is 0 Å². The highest BCUT2D eigenvalue weighted by atomic mass is 15.2. The Morgan fingerprint density at radius 1 is 1.30 bits per heavy atom. The van der Waals surface area contributed by atoms with E-state index in [1.54, 1.807) is 0 Å². The fourth-order valence-corrected chi connectivity index (χ4v) is 2.66. The van der Waals surface area contributed by atoms with Gasteiger partial charge in [0.05, 0.1) is 17.6 Å². The van der Waals surface area contributed by atoms with E-state index in [1.165, 1.54) is 5.69 Å². The molecule has 0 radical (unpaired) electrons. The smallest absolute Gasteiger partial charge is 0.0718 e. The minimum absolute atomic E-state index is 0.485. The monoisotopic (exact) mass is 268 g/mol. The van der Waals surface area contributed by atoms with Crippen LogP contribution in [0.25, 0.3) is 11.3 Å². The lowest BCUT2D eigenvalue weighted by atomic mass is 10.1. The van der Waals surface area contributed by atoms with E-state index in [4.69, 9.17) is 0 Å². The Kier molecular flexibility index (Phi) is 3.92. The number of aromatic nitrogens is 2. The molecule has 0 amide bonds. The van der Waals surface area contributed by atoms with E-state index in [1.807, 2.05) is 36.8 Å². The number of pyridine rings is 2. The third-order valence-corrected chi connectivity index (χ3v) is 3.74. The Morgan fingerprint density at radius 3 is 3.10 bits per heavy atom. The lowest BCUT2D eigenvalue weighted by Crippen LogP contribution is -2.37. The maximum Gasteiger partial charge on any atom is 0.0718 e. The van der Waals surface area contributed by atoms with E-state index in [-0.39, 0.29) is 0 Å². The number of nitrogens with one attached hydrogen (secondary N) is 1. The van der Waals surface area contributed by atoms with E-state index in [0.29, 0.717) is 6.04 Å². The summed E-state index contributed by atoms with van der Waals surface area (Å²) in [6, 6.07) is 8.64. The molecule has 0 aromatic carbocycles. The fraction of sp³-hybridized carbons (Fsp3) is 0.375. The molecule has 0 spiro atoms. The first-order valence-electron chi connectivity index (χ1n) is 7.18. The van der Waals surface area contributed by atoms with Crippen molar-refractivity contribution in [1.29, 1.82) is 0 Å². The minimum atomic E-state index is 0.485. The predicted octanol–water partition coefficient (Wildman–Crippen LogP) is 2.33. The highest BCUT2D eigenvalue weighted by Crippen LogP contribution is 2.23. The molecule has 1 aliphatic heterocycles. The lowest BCUT2D eigenvalue weighted by molar-refractivity contribution is 0.629. The van der Waals surface area contributed by atoms with Gasteiger partial charge in [-0.05, 0) is 38.1 Å². The van der Waals surface area contributed by atoms with E-state index in [0.717, 1.165) is 37.3 Å². The number of hydrogen-bond acceptors (Lipinski definition) is 4. The molecule has 0 saturated carbocycles. The molecule has 4 heteroatoms. The van der Waals surface area contributed by atoms with Gasteiger partial charge in [-0.2, -0.15) is 0 Å². The SMILES string of the molecule is CC1CNCCCN1c1cncc(-c2ccccn2)c1. The molecule has 1 saturated heterocycles. The molecule has 3 rings (SSSR count). The molecule has 1 atom stereocenters. The number of nitrogens with zero attached hydrogens (tertiary/aromatic N) is 3. The highest BCUT2D eigenvalue weighted by molar-refractivity contribution is 5.64. The molecule has 3 heterocycles. The van der Waals surface area contributed by atoms with Crippen molar-refractivity contribution in [2.24, 2.45) is 0 Å². The molecular formula is C16H20N4.